The van der Waals surface area contributed by atoms with E-state index >= 15 is 0 Å². The van der Waals surface area contributed by atoms with Crippen LogP contribution in [-0.4, -0.2) is 0 Å². The predicted octanol–water partition coefficient (Wildman–Crippen LogP) is 3.48. The summed E-state index contributed by atoms with van der Waals surface area (Å²) in [4.78, 5) is 0. The van der Waals surface area contributed by atoms with Crippen molar-refractivity contribution in [3.63, 3.8) is 0 Å². The van der Waals surface area contributed by atoms with Crippen LogP contribution in [0.1, 0.15) is 25.0 Å². The Morgan fingerprint density at radius 2 is 1.75 bits per heavy atom. The molecular formula is C10H12BrN. The highest BCUT2D eigenvalue weighted by Gasteiger charge is 1.89. The van der Waals surface area contributed by atoms with E-state index in [0.29, 0.717) is 5.56 Å². The first kappa shape index (κ1) is 11.2. The van der Waals surface area contributed by atoms with Gasteiger partial charge >= 0.3 is 0 Å². The van der Waals surface area contributed by atoms with Crippen molar-refractivity contribution in [3.8, 4) is 6.07 Å². The van der Waals surface area contributed by atoms with Crippen LogP contribution in [0.5, 0.6) is 0 Å². The average Bonchev–Trinajstić information content (AvgIpc) is 2.21. The smallest absolute Gasteiger partial charge is 0.0991 e. The quantitative estimate of drug-likeness (QED) is 0.672. The van der Waals surface area contributed by atoms with Gasteiger partial charge in [-0.1, -0.05) is 41.9 Å². The Labute approximate surface area is 82.2 Å². The number of nitriles is 1. The first-order valence-corrected chi connectivity index (χ1v) is 5.04. The van der Waals surface area contributed by atoms with Crippen molar-refractivity contribution < 1.29 is 0 Å². The fraction of sp³-hybridized carbons (Fsp3) is 0.300. The second kappa shape index (κ2) is 6.87. The number of alkyl halides is 1. The molecule has 12 heavy (non-hydrogen) atoms. The Morgan fingerprint density at radius 1 is 1.25 bits per heavy atom. The third kappa shape index (κ3) is 3.54. The maximum Gasteiger partial charge on any atom is 0.0991 e. The molecule has 0 bridgehead atoms. The van der Waals surface area contributed by atoms with Gasteiger partial charge in [-0.05, 0) is 17.7 Å². The number of benzene rings is 1. The van der Waals surface area contributed by atoms with Crippen molar-refractivity contribution in [2.24, 2.45) is 0 Å². The van der Waals surface area contributed by atoms with E-state index in [1.165, 1.54) is 5.56 Å². The minimum Gasteiger partial charge on any atom is -0.192 e. The molecule has 1 rings (SSSR count). The SMILES string of the molecule is CC.N#Cc1ccc(CBr)cc1. The van der Waals surface area contributed by atoms with E-state index in [1.54, 1.807) is 0 Å². The monoisotopic (exact) mass is 225 g/mol. The van der Waals surface area contributed by atoms with E-state index in [0.717, 1.165) is 5.33 Å². The number of hydrogen-bond donors (Lipinski definition) is 0. The lowest BCUT2D eigenvalue weighted by Gasteiger charge is -1.92. The Bertz CT molecular complexity index is 246. The van der Waals surface area contributed by atoms with Crippen LogP contribution in [0.2, 0.25) is 0 Å². The number of rotatable bonds is 1. The molecular weight excluding hydrogens is 214 g/mol. The number of nitrogens with zero attached hydrogens (tertiary/aromatic N) is 1. The standard InChI is InChI=1S/C8H6BrN.C2H6/c9-5-7-1-3-8(6-10)4-2-7;1-2/h1-4H,5H2;1-2H3. The van der Waals surface area contributed by atoms with Gasteiger partial charge in [0, 0.05) is 5.33 Å². The minimum atomic E-state index is 0.713. The zero-order chi connectivity index (χ0) is 9.40. The third-order valence-corrected chi connectivity index (χ3v) is 1.88. The van der Waals surface area contributed by atoms with Crippen LogP contribution in [0.3, 0.4) is 0 Å². The molecule has 0 unspecified atom stereocenters. The molecule has 64 valence electrons. The maximum atomic E-state index is 8.44. The highest BCUT2D eigenvalue weighted by atomic mass is 79.9. The van der Waals surface area contributed by atoms with Gasteiger partial charge in [0.05, 0.1) is 11.6 Å². The molecule has 0 amide bonds. The van der Waals surface area contributed by atoms with Crippen LogP contribution < -0.4 is 0 Å². The highest BCUT2D eigenvalue weighted by molar-refractivity contribution is 9.08. The van der Waals surface area contributed by atoms with E-state index in [9.17, 15) is 0 Å². The number of halogens is 1. The fourth-order valence-electron chi connectivity index (χ4n) is 0.668. The average molecular weight is 226 g/mol. The van der Waals surface area contributed by atoms with Crippen molar-refractivity contribution in [1.29, 1.82) is 5.26 Å². The molecule has 0 saturated heterocycles. The van der Waals surface area contributed by atoms with Gasteiger partial charge in [0.2, 0.25) is 0 Å². The van der Waals surface area contributed by atoms with Crippen molar-refractivity contribution in [2.75, 3.05) is 0 Å². The zero-order valence-corrected chi connectivity index (χ0v) is 8.93. The second-order valence-electron chi connectivity index (χ2n) is 1.94. The fourth-order valence-corrected chi connectivity index (χ4v) is 1.04. The summed E-state index contributed by atoms with van der Waals surface area (Å²) in [7, 11) is 0. The van der Waals surface area contributed by atoms with E-state index in [2.05, 4.69) is 22.0 Å². The molecule has 0 heterocycles. The van der Waals surface area contributed by atoms with Gasteiger partial charge in [0.1, 0.15) is 0 Å². The molecule has 0 aromatic heterocycles. The van der Waals surface area contributed by atoms with E-state index < -0.39 is 0 Å². The summed E-state index contributed by atoms with van der Waals surface area (Å²) in [6.07, 6.45) is 0. The lowest BCUT2D eigenvalue weighted by molar-refractivity contribution is 1.41. The molecule has 2 heteroatoms. The summed E-state index contributed by atoms with van der Waals surface area (Å²) < 4.78 is 0. The molecule has 0 spiro atoms. The van der Waals surface area contributed by atoms with Gasteiger partial charge in [-0.25, -0.2) is 0 Å². The summed E-state index contributed by atoms with van der Waals surface area (Å²) in [6, 6.07) is 9.57. The zero-order valence-electron chi connectivity index (χ0n) is 7.34. The molecule has 0 radical (unpaired) electrons. The molecule has 0 saturated carbocycles. The Morgan fingerprint density at radius 3 is 2.08 bits per heavy atom. The number of hydrogen-bond acceptors (Lipinski definition) is 1. The molecule has 1 aromatic rings. The Kier molecular flexibility index (Phi) is 6.41. The summed E-state index contributed by atoms with van der Waals surface area (Å²) in [5, 5.41) is 9.29. The minimum absolute atomic E-state index is 0.713. The van der Waals surface area contributed by atoms with Crippen molar-refractivity contribution >= 4 is 15.9 Å². The summed E-state index contributed by atoms with van der Waals surface area (Å²) in [5.74, 6) is 0. The molecule has 0 aliphatic carbocycles. The molecule has 0 N–H and O–H groups in total. The van der Waals surface area contributed by atoms with Gasteiger partial charge in [-0.2, -0.15) is 5.26 Å². The van der Waals surface area contributed by atoms with Crippen molar-refractivity contribution in [1.82, 2.24) is 0 Å². The molecule has 0 aliphatic rings. The lowest BCUT2D eigenvalue weighted by Crippen LogP contribution is -1.76. The van der Waals surface area contributed by atoms with Gasteiger partial charge < -0.3 is 0 Å². The van der Waals surface area contributed by atoms with E-state index in [4.69, 9.17) is 5.26 Å². The topological polar surface area (TPSA) is 23.8 Å². The van der Waals surface area contributed by atoms with Crippen LogP contribution in [-0.2, 0) is 5.33 Å². The highest BCUT2D eigenvalue weighted by Crippen LogP contribution is 2.06. The second-order valence-corrected chi connectivity index (χ2v) is 2.50. The first-order chi connectivity index (χ1) is 5.86. The molecule has 0 atom stereocenters. The normalized spacial score (nSPS) is 7.83. The van der Waals surface area contributed by atoms with Crippen LogP contribution in [0.15, 0.2) is 24.3 Å². The van der Waals surface area contributed by atoms with Crippen LogP contribution in [0.4, 0.5) is 0 Å². The van der Waals surface area contributed by atoms with Crippen LogP contribution in [0, 0.1) is 11.3 Å². The van der Waals surface area contributed by atoms with Crippen LogP contribution in [0.25, 0.3) is 0 Å². The molecule has 1 aromatic carbocycles. The lowest BCUT2D eigenvalue weighted by atomic mass is 10.2. The van der Waals surface area contributed by atoms with Gasteiger partial charge in [0.25, 0.3) is 0 Å². The molecule has 1 nitrogen and oxygen atoms in total. The Balaban J connectivity index is 0.000000561. The summed E-state index contributed by atoms with van der Waals surface area (Å²) in [5.41, 5.74) is 1.91. The van der Waals surface area contributed by atoms with E-state index in [1.807, 2.05) is 38.1 Å². The summed E-state index contributed by atoms with van der Waals surface area (Å²) in [6.45, 7) is 4.00. The third-order valence-electron chi connectivity index (χ3n) is 1.24. The molecule has 0 aliphatic heterocycles. The van der Waals surface area contributed by atoms with Crippen molar-refractivity contribution in [2.45, 2.75) is 19.2 Å². The van der Waals surface area contributed by atoms with Crippen LogP contribution >= 0.6 is 15.9 Å². The van der Waals surface area contributed by atoms with Gasteiger partial charge in [-0.15, -0.1) is 0 Å². The predicted molar refractivity (Wildman–Crippen MR) is 55.1 cm³/mol. The van der Waals surface area contributed by atoms with Gasteiger partial charge in [-0.3, -0.25) is 0 Å². The first-order valence-electron chi connectivity index (χ1n) is 3.92. The molecule has 0 fully saturated rings. The summed E-state index contributed by atoms with van der Waals surface area (Å²) >= 11 is 3.32. The largest absolute Gasteiger partial charge is 0.192 e. The Hall–Kier alpha value is -0.810. The van der Waals surface area contributed by atoms with Crippen molar-refractivity contribution in [3.05, 3.63) is 35.4 Å². The van der Waals surface area contributed by atoms with Gasteiger partial charge in [0.15, 0.2) is 0 Å². The van der Waals surface area contributed by atoms with E-state index in [-0.39, 0.29) is 0 Å². The maximum absolute atomic E-state index is 8.44.